The van der Waals surface area contributed by atoms with Gasteiger partial charge in [0.05, 0.1) is 0 Å². The molecule has 0 aliphatic carbocycles. The Morgan fingerprint density at radius 1 is 1.25 bits per heavy atom. The molecule has 0 heterocycles. The fraction of sp³-hybridized carbons (Fsp3) is 0.500. The number of hydrogen-bond acceptors (Lipinski definition) is 1. The molecule has 1 atom stereocenters. The van der Waals surface area contributed by atoms with E-state index in [2.05, 4.69) is 9.24 Å². The maximum atomic E-state index is 7.16. The highest BCUT2D eigenvalue weighted by molar-refractivity contribution is 7.22. The third-order valence-electron chi connectivity index (χ3n) is 1.15. The maximum absolute atomic E-state index is 7.16. The van der Waals surface area contributed by atoms with E-state index in [1.165, 1.54) is 0 Å². The predicted molar refractivity (Wildman–Crippen MR) is 41.5 cm³/mol. The Labute approximate surface area is 52.9 Å². The van der Waals surface area contributed by atoms with Crippen molar-refractivity contribution in [1.82, 2.24) is 0 Å². The van der Waals surface area contributed by atoms with Gasteiger partial charge in [0.25, 0.3) is 0 Å². The van der Waals surface area contributed by atoms with Crippen LogP contribution in [0.5, 0.6) is 0 Å². The zero-order valence-corrected chi connectivity index (χ0v) is 6.73. The molecule has 1 nitrogen and oxygen atoms in total. The van der Waals surface area contributed by atoms with E-state index >= 15 is 0 Å². The van der Waals surface area contributed by atoms with Crippen LogP contribution < -0.4 is 0 Å². The van der Waals surface area contributed by atoms with Gasteiger partial charge in [-0.3, -0.25) is 0 Å². The first-order chi connectivity index (χ1) is 3.55. The van der Waals surface area contributed by atoms with Crippen LogP contribution in [-0.4, -0.2) is 5.71 Å². The summed E-state index contributed by atoms with van der Waals surface area (Å²) < 4.78 is 0. The SMILES string of the molecule is CC(=N)/C(C)=C(/C)P. The Hall–Kier alpha value is -0.160. The van der Waals surface area contributed by atoms with Gasteiger partial charge in [-0.05, 0) is 26.3 Å². The highest BCUT2D eigenvalue weighted by atomic mass is 31.0. The average Bonchev–Trinajstić information content (AvgIpc) is 1.64. The molecule has 0 aliphatic heterocycles. The van der Waals surface area contributed by atoms with Gasteiger partial charge in [0.15, 0.2) is 0 Å². The van der Waals surface area contributed by atoms with Crippen molar-refractivity contribution in [2.45, 2.75) is 20.8 Å². The second kappa shape index (κ2) is 2.99. The summed E-state index contributed by atoms with van der Waals surface area (Å²) in [5.74, 6) is 0. The third kappa shape index (κ3) is 2.23. The lowest BCUT2D eigenvalue weighted by Gasteiger charge is -1.97. The smallest absolute Gasteiger partial charge is 0.0314 e. The van der Waals surface area contributed by atoms with Gasteiger partial charge in [-0.1, -0.05) is 5.31 Å². The Morgan fingerprint density at radius 2 is 1.62 bits per heavy atom. The van der Waals surface area contributed by atoms with Crippen molar-refractivity contribution in [3.8, 4) is 0 Å². The summed E-state index contributed by atoms with van der Waals surface area (Å²) in [5.41, 5.74) is 1.72. The zero-order valence-electron chi connectivity index (χ0n) is 5.58. The predicted octanol–water partition coefficient (Wildman–Crippen LogP) is 2.20. The van der Waals surface area contributed by atoms with Gasteiger partial charge in [0.1, 0.15) is 0 Å². The van der Waals surface area contributed by atoms with Crippen molar-refractivity contribution in [3.05, 3.63) is 10.9 Å². The fourth-order valence-electron chi connectivity index (χ4n) is 0.296. The highest BCUT2D eigenvalue weighted by Crippen LogP contribution is 2.10. The quantitative estimate of drug-likeness (QED) is 0.414. The van der Waals surface area contributed by atoms with Crippen LogP contribution in [0.4, 0.5) is 0 Å². The summed E-state index contributed by atoms with van der Waals surface area (Å²) in [6.45, 7) is 5.73. The molecule has 0 rings (SSSR count). The molecule has 0 aromatic rings. The molecule has 0 saturated heterocycles. The van der Waals surface area contributed by atoms with Crippen LogP contribution in [0.2, 0.25) is 0 Å². The second-order valence-corrected chi connectivity index (χ2v) is 2.80. The van der Waals surface area contributed by atoms with Crippen molar-refractivity contribution >= 4 is 15.0 Å². The maximum Gasteiger partial charge on any atom is 0.0314 e. The van der Waals surface area contributed by atoms with Crippen molar-refractivity contribution in [2.24, 2.45) is 0 Å². The van der Waals surface area contributed by atoms with Crippen molar-refractivity contribution in [3.63, 3.8) is 0 Å². The molecule has 0 aromatic carbocycles. The molecule has 46 valence electrons. The van der Waals surface area contributed by atoms with Gasteiger partial charge < -0.3 is 5.41 Å². The summed E-state index contributed by atoms with van der Waals surface area (Å²) >= 11 is 0. The molecule has 0 aliphatic rings. The highest BCUT2D eigenvalue weighted by Gasteiger charge is 1.91. The molecular weight excluding hydrogens is 117 g/mol. The Kier molecular flexibility index (Phi) is 2.93. The molecule has 0 spiro atoms. The summed E-state index contributed by atoms with van der Waals surface area (Å²) in [5, 5.41) is 8.31. The Morgan fingerprint density at radius 3 is 1.62 bits per heavy atom. The van der Waals surface area contributed by atoms with Crippen molar-refractivity contribution in [1.29, 1.82) is 5.41 Å². The lowest BCUT2D eigenvalue weighted by atomic mass is 10.2. The normalized spacial score (nSPS) is 13.0. The number of rotatable bonds is 1. The lowest BCUT2D eigenvalue weighted by Crippen LogP contribution is -1.89. The van der Waals surface area contributed by atoms with Crippen LogP contribution in [0, 0.1) is 5.41 Å². The van der Waals surface area contributed by atoms with E-state index in [0.29, 0.717) is 5.71 Å². The second-order valence-electron chi connectivity index (χ2n) is 1.93. The van der Waals surface area contributed by atoms with E-state index in [0.717, 1.165) is 10.9 Å². The summed E-state index contributed by atoms with van der Waals surface area (Å²) in [6.07, 6.45) is 0. The summed E-state index contributed by atoms with van der Waals surface area (Å²) in [4.78, 5) is 0. The van der Waals surface area contributed by atoms with Crippen molar-refractivity contribution in [2.75, 3.05) is 0 Å². The Bertz CT molecular complexity index is 131. The molecule has 0 aromatic heterocycles. The molecule has 0 saturated carbocycles. The minimum atomic E-state index is 0.650. The van der Waals surface area contributed by atoms with Crippen LogP contribution in [0.3, 0.4) is 0 Å². The molecule has 0 fully saturated rings. The minimum Gasteiger partial charge on any atom is -0.305 e. The van der Waals surface area contributed by atoms with Crippen LogP contribution >= 0.6 is 9.24 Å². The van der Waals surface area contributed by atoms with E-state index in [1.807, 2.05) is 13.8 Å². The number of hydrogen-bond donors (Lipinski definition) is 1. The zero-order chi connectivity index (χ0) is 6.73. The van der Waals surface area contributed by atoms with E-state index in [9.17, 15) is 0 Å². The van der Waals surface area contributed by atoms with Crippen LogP contribution in [-0.2, 0) is 0 Å². The topological polar surface area (TPSA) is 23.9 Å². The van der Waals surface area contributed by atoms with Crippen molar-refractivity contribution < 1.29 is 0 Å². The van der Waals surface area contributed by atoms with Gasteiger partial charge in [0, 0.05) is 5.71 Å². The number of allylic oxidation sites excluding steroid dienone is 2. The van der Waals surface area contributed by atoms with E-state index in [4.69, 9.17) is 5.41 Å². The number of nitrogens with one attached hydrogen (secondary N) is 1. The first-order valence-corrected chi connectivity index (χ1v) is 3.12. The first kappa shape index (κ1) is 7.84. The third-order valence-corrected chi connectivity index (χ3v) is 1.59. The van der Waals surface area contributed by atoms with Crippen LogP contribution in [0.25, 0.3) is 0 Å². The fourth-order valence-corrected chi connectivity index (χ4v) is 0.512. The van der Waals surface area contributed by atoms with Gasteiger partial charge in [-0.25, -0.2) is 0 Å². The minimum absolute atomic E-state index is 0.650. The monoisotopic (exact) mass is 129 g/mol. The molecule has 0 bridgehead atoms. The molecule has 0 amide bonds. The van der Waals surface area contributed by atoms with Gasteiger partial charge in [-0.2, -0.15) is 0 Å². The van der Waals surface area contributed by atoms with Crippen LogP contribution in [0.1, 0.15) is 20.8 Å². The Balaban J connectivity index is 4.23. The standard InChI is InChI=1S/C6H12NP/c1-4(5(2)7)6(3)8/h7H,8H2,1-3H3/b6-4-,7-5?. The van der Waals surface area contributed by atoms with Gasteiger partial charge in [-0.15, -0.1) is 9.24 Å². The largest absolute Gasteiger partial charge is 0.305 e. The van der Waals surface area contributed by atoms with Gasteiger partial charge >= 0.3 is 0 Å². The first-order valence-electron chi connectivity index (χ1n) is 2.54. The van der Waals surface area contributed by atoms with Crippen LogP contribution in [0.15, 0.2) is 10.9 Å². The van der Waals surface area contributed by atoms with Gasteiger partial charge in [0.2, 0.25) is 0 Å². The molecular formula is C6H12NP. The molecule has 1 unspecified atom stereocenters. The summed E-state index contributed by atoms with van der Waals surface area (Å²) in [7, 11) is 2.58. The average molecular weight is 129 g/mol. The van der Waals surface area contributed by atoms with E-state index < -0.39 is 0 Å². The molecule has 0 radical (unpaired) electrons. The molecule has 2 heteroatoms. The van der Waals surface area contributed by atoms with E-state index in [1.54, 1.807) is 6.92 Å². The lowest BCUT2D eigenvalue weighted by molar-refractivity contribution is 1.39. The summed E-state index contributed by atoms with van der Waals surface area (Å²) in [6, 6.07) is 0. The van der Waals surface area contributed by atoms with E-state index in [-0.39, 0.29) is 0 Å². The molecule has 1 N–H and O–H groups in total. The molecule has 8 heavy (non-hydrogen) atoms.